The lowest BCUT2D eigenvalue weighted by Gasteiger charge is -2.07. The molecule has 96 valence electrons. The summed E-state index contributed by atoms with van der Waals surface area (Å²) in [7, 11) is 0. The van der Waals surface area contributed by atoms with Crippen LogP contribution in [0.2, 0.25) is 0 Å². The van der Waals surface area contributed by atoms with Crippen LogP contribution < -0.4 is 0 Å². The van der Waals surface area contributed by atoms with E-state index in [0.717, 1.165) is 23.2 Å². The number of pyridine rings is 1. The van der Waals surface area contributed by atoms with Gasteiger partial charge >= 0.3 is 0 Å². The van der Waals surface area contributed by atoms with E-state index in [1.54, 1.807) is 0 Å². The second-order valence-electron chi connectivity index (χ2n) is 4.76. The first-order chi connectivity index (χ1) is 9.28. The molecule has 0 fully saturated rings. The molecule has 0 radical (unpaired) electrons. The number of aryl methyl sites for hydroxylation is 1. The molecule has 3 rings (SSSR count). The van der Waals surface area contributed by atoms with E-state index >= 15 is 0 Å². The Morgan fingerprint density at radius 3 is 2.89 bits per heavy atom. The standard InChI is InChI=1S/C16H16N2O/c1-12-3-2-7-17-15(12)10-18-8-6-14-9-13(11-19)4-5-16(14)18/h2-9,19H,10-11H2,1H3. The molecular weight excluding hydrogens is 236 g/mol. The zero-order valence-corrected chi connectivity index (χ0v) is 10.9. The monoisotopic (exact) mass is 252 g/mol. The van der Waals surface area contributed by atoms with Crippen molar-refractivity contribution in [1.82, 2.24) is 9.55 Å². The Balaban J connectivity index is 2.00. The number of benzene rings is 1. The first-order valence-corrected chi connectivity index (χ1v) is 6.37. The molecule has 3 nitrogen and oxygen atoms in total. The highest BCUT2D eigenvalue weighted by Gasteiger charge is 2.05. The lowest BCUT2D eigenvalue weighted by Crippen LogP contribution is -2.02. The van der Waals surface area contributed by atoms with Crippen LogP contribution >= 0.6 is 0 Å². The Kier molecular flexibility index (Phi) is 3.05. The van der Waals surface area contributed by atoms with Gasteiger partial charge in [0, 0.05) is 17.9 Å². The van der Waals surface area contributed by atoms with E-state index in [0.29, 0.717) is 0 Å². The highest BCUT2D eigenvalue weighted by molar-refractivity contribution is 5.80. The van der Waals surface area contributed by atoms with E-state index in [2.05, 4.69) is 40.9 Å². The van der Waals surface area contributed by atoms with E-state index in [1.165, 1.54) is 11.1 Å². The number of aromatic nitrogens is 2. The van der Waals surface area contributed by atoms with E-state index < -0.39 is 0 Å². The molecule has 1 aromatic carbocycles. The fourth-order valence-corrected chi connectivity index (χ4v) is 2.33. The van der Waals surface area contributed by atoms with Crippen molar-refractivity contribution in [3.8, 4) is 0 Å². The number of nitrogens with zero attached hydrogens (tertiary/aromatic N) is 2. The third kappa shape index (κ3) is 2.25. The van der Waals surface area contributed by atoms with Crippen LogP contribution in [0.3, 0.4) is 0 Å². The maximum Gasteiger partial charge on any atom is 0.0682 e. The van der Waals surface area contributed by atoms with Crippen LogP contribution in [0, 0.1) is 6.92 Å². The van der Waals surface area contributed by atoms with Crippen molar-refractivity contribution in [1.29, 1.82) is 0 Å². The molecule has 0 atom stereocenters. The van der Waals surface area contributed by atoms with E-state index in [-0.39, 0.29) is 6.61 Å². The minimum atomic E-state index is 0.0838. The van der Waals surface area contributed by atoms with Crippen molar-refractivity contribution < 1.29 is 5.11 Å². The molecule has 2 heterocycles. The van der Waals surface area contributed by atoms with Gasteiger partial charge < -0.3 is 9.67 Å². The third-order valence-corrected chi connectivity index (χ3v) is 3.46. The van der Waals surface area contributed by atoms with Gasteiger partial charge in [0.2, 0.25) is 0 Å². The quantitative estimate of drug-likeness (QED) is 0.778. The molecule has 0 amide bonds. The summed E-state index contributed by atoms with van der Waals surface area (Å²) >= 11 is 0. The predicted molar refractivity (Wildman–Crippen MR) is 75.9 cm³/mol. The second-order valence-corrected chi connectivity index (χ2v) is 4.76. The van der Waals surface area contributed by atoms with Crippen LogP contribution in [0.5, 0.6) is 0 Å². The fourth-order valence-electron chi connectivity index (χ4n) is 2.33. The number of hydrogen-bond donors (Lipinski definition) is 1. The van der Waals surface area contributed by atoms with Crippen molar-refractivity contribution >= 4 is 10.9 Å². The lowest BCUT2D eigenvalue weighted by molar-refractivity contribution is 0.282. The number of aliphatic hydroxyl groups is 1. The average Bonchev–Trinajstić information content (AvgIpc) is 2.83. The van der Waals surface area contributed by atoms with Crippen molar-refractivity contribution in [2.24, 2.45) is 0 Å². The zero-order valence-electron chi connectivity index (χ0n) is 10.9. The molecule has 3 heteroatoms. The summed E-state index contributed by atoms with van der Waals surface area (Å²) in [5, 5.41) is 10.3. The van der Waals surface area contributed by atoms with Crippen LogP contribution in [0.25, 0.3) is 10.9 Å². The van der Waals surface area contributed by atoms with Gasteiger partial charge in [0.15, 0.2) is 0 Å². The van der Waals surface area contributed by atoms with Crippen LogP contribution in [-0.4, -0.2) is 14.7 Å². The first-order valence-electron chi connectivity index (χ1n) is 6.37. The van der Waals surface area contributed by atoms with Gasteiger partial charge in [-0.15, -0.1) is 0 Å². The number of fused-ring (bicyclic) bond motifs is 1. The van der Waals surface area contributed by atoms with E-state index in [4.69, 9.17) is 5.11 Å². The van der Waals surface area contributed by atoms with Gasteiger partial charge in [-0.25, -0.2) is 0 Å². The Hall–Kier alpha value is -2.13. The fraction of sp³-hybridized carbons (Fsp3) is 0.188. The van der Waals surface area contributed by atoms with Gasteiger partial charge in [-0.05, 0) is 47.7 Å². The Labute approximate surface area is 112 Å². The van der Waals surface area contributed by atoms with Crippen LogP contribution in [0.15, 0.2) is 48.8 Å². The first kappa shape index (κ1) is 11.9. The summed E-state index contributed by atoms with van der Waals surface area (Å²) in [6, 6.07) is 12.2. The van der Waals surface area contributed by atoms with Gasteiger partial charge in [-0.3, -0.25) is 4.98 Å². The molecule has 0 bridgehead atoms. The second kappa shape index (κ2) is 4.86. The number of rotatable bonds is 3. The average molecular weight is 252 g/mol. The largest absolute Gasteiger partial charge is 0.392 e. The van der Waals surface area contributed by atoms with Gasteiger partial charge in [0.05, 0.1) is 18.8 Å². The summed E-state index contributed by atoms with van der Waals surface area (Å²) in [5.41, 5.74) is 4.41. The van der Waals surface area contributed by atoms with E-state index in [1.807, 2.05) is 24.4 Å². The van der Waals surface area contributed by atoms with Crippen LogP contribution in [-0.2, 0) is 13.2 Å². The Morgan fingerprint density at radius 1 is 1.21 bits per heavy atom. The van der Waals surface area contributed by atoms with E-state index in [9.17, 15) is 0 Å². The minimum absolute atomic E-state index is 0.0838. The Bertz CT molecular complexity index is 716. The molecule has 3 aromatic rings. The summed E-state index contributed by atoms with van der Waals surface area (Å²) in [6.07, 6.45) is 3.90. The summed E-state index contributed by atoms with van der Waals surface area (Å²) < 4.78 is 2.19. The SMILES string of the molecule is Cc1cccnc1Cn1ccc2cc(CO)ccc21. The van der Waals surface area contributed by atoms with Crippen LogP contribution in [0.4, 0.5) is 0 Å². The molecule has 0 unspecified atom stereocenters. The molecule has 0 saturated heterocycles. The predicted octanol–water partition coefficient (Wildman–Crippen LogP) is 2.89. The highest BCUT2D eigenvalue weighted by Crippen LogP contribution is 2.19. The molecule has 0 aliphatic carbocycles. The van der Waals surface area contributed by atoms with Crippen LogP contribution in [0.1, 0.15) is 16.8 Å². The molecular formula is C16H16N2O. The normalized spacial score (nSPS) is 11.1. The van der Waals surface area contributed by atoms with Gasteiger partial charge in [-0.2, -0.15) is 0 Å². The molecule has 1 N–H and O–H groups in total. The topological polar surface area (TPSA) is 38.0 Å². The molecule has 0 spiro atoms. The number of aliphatic hydroxyl groups excluding tert-OH is 1. The summed E-state index contributed by atoms with van der Waals surface area (Å²) in [4.78, 5) is 4.43. The summed E-state index contributed by atoms with van der Waals surface area (Å²) in [5.74, 6) is 0. The maximum absolute atomic E-state index is 9.16. The maximum atomic E-state index is 9.16. The minimum Gasteiger partial charge on any atom is -0.392 e. The lowest BCUT2D eigenvalue weighted by atomic mass is 10.1. The van der Waals surface area contributed by atoms with Gasteiger partial charge in [-0.1, -0.05) is 12.1 Å². The molecule has 0 aliphatic heterocycles. The van der Waals surface area contributed by atoms with Crippen molar-refractivity contribution in [2.75, 3.05) is 0 Å². The van der Waals surface area contributed by atoms with Gasteiger partial charge in [0.25, 0.3) is 0 Å². The van der Waals surface area contributed by atoms with Crippen molar-refractivity contribution in [2.45, 2.75) is 20.1 Å². The van der Waals surface area contributed by atoms with Crippen molar-refractivity contribution in [3.05, 3.63) is 65.6 Å². The molecule has 19 heavy (non-hydrogen) atoms. The summed E-state index contributed by atoms with van der Waals surface area (Å²) in [6.45, 7) is 2.94. The van der Waals surface area contributed by atoms with Crippen molar-refractivity contribution in [3.63, 3.8) is 0 Å². The molecule has 0 aliphatic rings. The van der Waals surface area contributed by atoms with Gasteiger partial charge in [0.1, 0.15) is 0 Å². The third-order valence-electron chi connectivity index (χ3n) is 3.46. The molecule has 0 saturated carbocycles. The Morgan fingerprint density at radius 2 is 2.11 bits per heavy atom. The highest BCUT2D eigenvalue weighted by atomic mass is 16.3. The molecule has 2 aromatic heterocycles. The zero-order chi connectivity index (χ0) is 13.2. The smallest absolute Gasteiger partial charge is 0.0682 e. The number of hydrogen-bond acceptors (Lipinski definition) is 2.